The summed E-state index contributed by atoms with van der Waals surface area (Å²) in [6.07, 6.45) is -4.41. The van der Waals surface area contributed by atoms with Crippen LogP contribution in [0.1, 0.15) is 102 Å². The van der Waals surface area contributed by atoms with Crippen LogP contribution in [0.15, 0.2) is 0 Å². The van der Waals surface area contributed by atoms with Gasteiger partial charge in [-0.05, 0) is 81.6 Å². The summed E-state index contributed by atoms with van der Waals surface area (Å²) in [5, 5.41) is 0. The molecule has 0 radical (unpaired) electrons. The molecule has 0 aliphatic carbocycles. The summed E-state index contributed by atoms with van der Waals surface area (Å²) in [4.78, 5) is 0. The fraction of sp³-hybridized carbons (Fsp3) is 1.00. The lowest BCUT2D eigenvalue weighted by molar-refractivity contribution is -0.284. The number of rotatable bonds is 27. The molecule has 0 spiro atoms. The van der Waals surface area contributed by atoms with Crippen molar-refractivity contribution in [2.24, 2.45) is 0 Å². The first-order valence-electron chi connectivity index (χ1n) is 14.7. The summed E-state index contributed by atoms with van der Waals surface area (Å²) >= 11 is 0. The molecule has 0 fully saturated rings. The molecule has 9 unspecified atom stereocenters. The molecule has 0 rings (SSSR count). The zero-order chi connectivity index (χ0) is 31.4. The van der Waals surface area contributed by atoms with Gasteiger partial charge in [0.2, 0.25) is 0 Å². The van der Waals surface area contributed by atoms with Crippen molar-refractivity contribution in [1.29, 1.82) is 0 Å². The highest BCUT2D eigenvalue weighted by molar-refractivity contribution is 7.48. The first-order chi connectivity index (χ1) is 19.2. The zero-order valence-electron chi connectivity index (χ0n) is 27.2. The van der Waals surface area contributed by atoms with E-state index in [9.17, 15) is 4.57 Å². The molecule has 0 saturated carbocycles. The molecule has 13 nitrogen and oxygen atoms in total. The zero-order valence-corrected chi connectivity index (χ0v) is 28.1. The number of hydrogen-bond acceptors (Lipinski definition) is 13. The van der Waals surface area contributed by atoms with Crippen LogP contribution in [0.4, 0.5) is 0 Å². The highest BCUT2D eigenvalue weighted by atomic mass is 31.2. The average molecular weight is 621 g/mol. The average Bonchev–Trinajstić information content (AvgIpc) is 2.83. The predicted octanol–water partition coefficient (Wildman–Crippen LogP) is 6.64. The van der Waals surface area contributed by atoms with E-state index in [0.717, 1.165) is 19.3 Å². The van der Waals surface area contributed by atoms with Gasteiger partial charge in [-0.2, -0.15) is 0 Å². The number of phosphoric acid groups is 1. The van der Waals surface area contributed by atoms with Gasteiger partial charge < -0.3 is 42.6 Å². The van der Waals surface area contributed by atoms with E-state index in [1.165, 1.54) is 20.8 Å². The minimum atomic E-state index is -4.35. The van der Waals surface area contributed by atoms with Crippen LogP contribution in [0.2, 0.25) is 0 Å². The Kier molecular flexibility index (Phi) is 23.0. The Morgan fingerprint density at radius 1 is 0.390 bits per heavy atom. The van der Waals surface area contributed by atoms with E-state index in [1.54, 1.807) is 41.5 Å². The van der Waals surface area contributed by atoms with Gasteiger partial charge >= 0.3 is 7.82 Å². The minimum Gasteiger partial charge on any atom is -0.353 e. The number of hydrogen-bond donors (Lipinski definition) is 0. The molecule has 248 valence electrons. The molecular weight excluding hydrogens is 563 g/mol. The molecule has 14 heteroatoms. The Hall–Kier alpha value is -0.250. The fourth-order valence-corrected chi connectivity index (χ4v) is 4.77. The Bertz CT molecular complexity index is 588. The second kappa shape index (κ2) is 23.2. The Labute approximate surface area is 247 Å². The van der Waals surface area contributed by atoms with Crippen molar-refractivity contribution in [1.82, 2.24) is 0 Å². The molecule has 0 aromatic carbocycles. The molecule has 0 amide bonds. The molecule has 0 heterocycles. The summed E-state index contributed by atoms with van der Waals surface area (Å²) in [6, 6.07) is 0. The second-order valence-electron chi connectivity index (χ2n) is 9.30. The van der Waals surface area contributed by atoms with Crippen molar-refractivity contribution < 1.29 is 60.8 Å². The van der Waals surface area contributed by atoms with Crippen molar-refractivity contribution >= 4 is 7.82 Å². The van der Waals surface area contributed by atoms with E-state index in [4.69, 9.17) is 56.2 Å². The molecule has 41 heavy (non-hydrogen) atoms. The number of phosphoric ester groups is 1. The Morgan fingerprint density at radius 2 is 0.610 bits per heavy atom. The van der Waals surface area contributed by atoms with Gasteiger partial charge in [0.15, 0.2) is 56.6 Å². The van der Waals surface area contributed by atoms with E-state index in [0.29, 0.717) is 19.8 Å². The van der Waals surface area contributed by atoms with Crippen LogP contribution in [0.5, 0.6) is 0 Å². The van der Waals surface area contributed by atoms with Gasteiger partial charge in [-0.25, -0.2) is 4.57 Å². The third-order valence-corrected chi connectivity index (χ3v) is 6.47. The Morgan fingerprint density at radius 3 is 0.829 bits per heavy atom. The van der Waals surface area contributed by atoms with Crippen LogP contribution >= 0.6 is 7.82 Å². The van der Waals surface area contributed by atoms with Crippen molar-refractivity contribution in [3.05, 3.63) is 0 Å². The molecule has 0 aliphatic rings. The van der Waals surface area contributed by atoms with Crippen LogP contribution < -0.4 is 0 Å². The monoisotopic (exact) mass is 620 g/mol. The van der Waals surface area contributed by atoms with Crippen molar-refractivity contribution in [2.45, 2.75) is 159 Å². The standard InChI is InChI=1S/C27H57O13P/c1-13-16-29-19(4)32-22(7)35-25(10)38-41(28,39-26(11)36-23(8)33-20(5)30-17-14-2)40-27(12)37-24(9)34-21(6)31-18-15-3/h19-27H,13-18H2,1-12H3. The minimum absolute atomic E-state index is 0.506. The van der Waals surface area contributed by atoms with Crippen LogP contribution in [-0.4, -0.2) is 76.4 Å². The lowest BCUT2D eigenvalue weighted by atomic mass is 10.5. The van der Waals surface area contributed by atoms with Crippen LogP contribution in [0, 0.1) is 0 Å². The third kappa shape index (κ3) is 22.0. The van der Waals surface area contributed by atoms with Crippen molar-refractivity contribution in [2.75, 3.05) is 19.8 Å². The maximum absolute atomic E-state index is 13.8. The lowest BCUT2D eigenvalue weighted by Gasteiger charge is -2.30. The maximum Gasteiger partial charge on any atom is 0.481 e. The first kappa shape index (κ1) is 40.8. The fourth-order valence-electron chi connectivity index (χ4n) is 3.38. The topological polar surface area (TPSA) is 128 Å². The summed E-state index contributed by atoms with van der Waals surface area (Å²) in [5.74, 6) is 0. The summed E-state index contributed by atoms with van der Waals surface area (Å²) in [5.41, 5.74) is 0. The highest BCUT2D eigenvalue weighted by Gasteiger charge is 2.37. The molecule has 0 N–H and O–H groups in total. The van der Waals surface area contributed by atoms with Gasteiger partial charge in [0.1, 0.15) is 0 Å². The summed E-state index contributed by atoms with van der Waals surface area (Å²) < 4.78 is 81.1. The van der Waals surface area contributed by atoms with Gasteiger partial charge in [-0.1, -0.05) is 20.8 Å². The van der Waals surface area contributed by atoms with E-state index in [-0.39, 0.29) is 0 Å². The van der Waals surface area contributed by atoms with Gasteiger partial charge in [0.25, 0.3) is 0 Å². The normalized spacial score (nSPS) is 20.4. The van der Waals surface area contributed by atoms with Crippen molar-refractivity contribution in [3.63, 3.8) is 0 Å². The number of ether oxygens (including phenoxy) is 9. The van der Waals surface area contributed by atoms with Gasteiger partial charge in [-0.3, -0.25) is 13.6 Å². The molecule has 0 bridgehead atoms. The van der Waals surface area contributed by atoms with Crippen LogP contribution in [0.3, 0.4) is 0 Å². The summed E-state index contributed by atoms with van der Waals surface area (Å²) in [7, 11) is -4.35. The molecule has 9 atom stereocenters. The van der Waals surface area contributed by atoms with E-state index < -0.39 is 64.4 Å². The second-order valence-corrected chi connectivity index (χ2v) is 10.8. The van der Waals surface area contributed by atoms with Crippen LogP contribution in [0.25, 0.3) is 0 Å². The molecule has 0 aromatic rings. The molecule has 0 saturated heterocycles. The molecular formula is C27H57O13P. The van der Waals surface area contributed by atoms with E-state index >= 15 is 0 Å². The van der Waals surface area contributed by atoms with E-state index in [2.05, 4.69) is 0 Å². The van der Waals surface area contributed by atoms with Gasteiger partial charge in [0, 0.05) is 19.8 Å². The molecule has 0 aromatic heterocycles. The molecule has 0 aliphatic heterocycles. The largest absolute Gasteiger partial charge is 0.481 e. The van der Waals surface area contributed by atoms with Gasteiger partial charge in [-0.15, -0.1) is 0 Å². The smallest absolute Gasteiger partial charge is 0.353 e. The predicted molar refractivity (Wildman–Crippen MR) is 151 cm³/mol. The quantitative estimate of drug-likeness (QED) is 0.0720. The SMILES string of the molecule is CCCOC(C)OC(C)OC(C)OP(=O)(OC(C)OC(C)OC(C)OCCC)OC(C)OC(C)OC(C)OCCC. The third-order valence-electron chi connectivity index (χ3n) is 4.80. The maximum atomic E-state index is 13.8. The van der Waals surface area contributed by atoms with Crippen LogP contribution in [-0.2, 0) is 60.8 Å². The van der Waals surface area contributed by atoms with Crippen molar-refractivity contribution in [3.8, 4) is 0 Å². The van der Waals surface area contributed by atoms with E-state index in [1.807, 2.05) is 20.8 Å². The first-order valence-corrected chi connectivity index (χ1v) is 16.1. The van der Waals surface area contributed by atoms with Gasteiger partial charge in [0.05, 0.1) is 0 Å². The summed E-state index contributed by atoms with van der Waals surface area (Å²) in [6.45, 7) is 22.5. The Balaban J connectivity index is 5.29. The lowest BCUT2D eigenvalue weighted by Crippen LogP contribution is -2.30. The highest BCUT2D eigenvalue weighted by Crippen LogP contribution is 2.53.